The molecule has 1 heterocycles. The molecule has 1 fully saturated rings. The van der Waals surface area contributed by atoms with Crippen molar-refractivity contribution in [3.63, 3.8) is 0 Å². The molecule has 1 rings (SSSR count). The van der Waals surface area contributed by atoms with E-state index in [1.807, 2.05) is 13.8 Å². The molecule has 1 aliphatic heterocycles. The van der Waals surface area contributed by atoms with Crippen molar-refractivity contribution in [1.29, 1.82) is 0 Å². The van der Waals surface area contributed by atoms with E-state index in [0.717, 1.165) is 0 Å². The zero-order valence-corrected chi connectivity index (χ0v) is 6.91. The van der Waals surface area contributed by atoms with Crippen LogP contribution < -0.4 is 5.73 Å². The molecule has 0 aromatic heterocycles. The molecule has 4 heteroatoms. The molecular formula is C7H14N2O2. The Morgan fingerprint density at radius 1 is 1.64 bits per heavy atom. The average Bonchev–Trinajstić information content (AvgIpc) is 1.79. The van der Waals surface area contributed by atoms with Gasteiger partial charge >= 0.3 is 6.09 Å². The van der Waals surface area contributed by atoms with Crippen LogP contribution in [0, 0.1) is 0 Å². The molecule has 1 amide bonds. The topological polar surface area (TPSA) is 55.6 Å². The van der Waals surface area contributed by atoms with Crippen LogP contribution in [-0.4, -0.2) is 36.2 Å². The number of nitrogens with zero attached hydrogens (tertiary/aromatic N) is 1. The fourth-order valence-corrected chi connectivity index (χ4v) is 0.938. The van der Waals surface area contributed by atoms with Gasteiger partial charge < -0.3 is 15.4 Å². The summed E-state index contributed by atoms with van der Waals surface area (Å²) in [7, 11) is 0. The monoisotopic (exact) mass is 158 g/mol. The largest absolute Gasteiger partial charge is 0.447 e. The third-order valence-corrected chi connectivity index (χ3v) is 1.50. The average molecular weight is 158 g/mol. The Labute approximate surface area is 66.3 Å². The van der Waals surface area contributed by atoms with E-state index in [1.54, 1.807) is 4.90 Å². The summed E-state index contributed by atoms with van der Waals surface area (Å²) in [4.78, 5) is 12.6. The van der Waals surface area contributed by atoms with Gasteiger partial charge in [-0.2, -0.15) is 0 Å². The highest BCUT2D eigenvalue weighted by Crippen LogP contribution is 2.07. The van der Waals surface area contributed by atoms with Crippen molar-refractivity contribution in [3.8, 4) is 0 Å². The minimum Gasteiger partial charge on any atom is -0.447 e. The summed E-state index contributed by atoms with van der Waals surface area (Å²) in [5.74, 6) is 0. The van der Waals surface area contributed by atoms with Gasteiger partial charge in [-0.1, -0.05) is 0 Å². The fourth-order valence-electron chi connectivity index (χ4n) is 0.938. The minimum absolute atomic E-state index is 0.0423. The summed E-state index contributed by atoms with van der Waals surface area (Å²) in [5.41, 5.74) is 5.49. The molecule has 11 heavy (non-hydrogen) atoms. The molecular weight excluding hydrogens is 144 g/mol. The van der Waals surface area contributed by atoms with Crippen LogP contribution in [0.3, 0.4) is 0 Å². The first-order valence-electron chi connectivity index (χ1n) is 3.80. The van der Waals surface area contributed by atoms with E-state index in [4.69, 9.17) is 10.5 Å². The lowest BCUT2D eigenvalue weighted by Gasteiger charge is -2.36. The summed E-state index contributed by atoms with van der Waals surface area (Å²) in [6.07, 6.45) is -0.291. The molecule has 0 aliphatic carbocycles. The second-order valence-electron chi connectivity index (χ2n) is 3.10. The first-order valence-corrected chi connectivity index (χ1v) is 3.80. The van der Waals surface area contributed by atoms with Gasteiger partial charge in [-0.15, -0.1) is 0 Å². The number of hydrogen-bond acceptors (Lipinski definition) is 3. The van der Waals surface area contributed by atoms with Crippen molar-refractivity contribution in [2.75, 3.05) is 13.1 Å². The molecule has 0 aromatic carbocycles. The smallest absolute Gasteiger partial charge is 0.410 e. The number of ether oxygens (including phenoxy) is 1. The Morgan fingerprint density at radius 3 is 2.55 bits per heavy atom. The molecule has 1 saturated heterocycles. The zero-order chi connectivity index (χ0) is 8.43. The maximum Gasteiger partial charge on any atom is 0.410 e. The molecule has 64 valence electrons. The van der Waals surface area contributed by atoms with Gasteiger partial charge in [0.05, 0.1) is 6.10 Å². The summed E-state index contributed by atoms with van der Waals surface area (Å²) in [6, 6.07) is 0.148. The molecule has 0 bridgehead atoms. The van der Waals surface area contributed by atoms with Crippen LogP contribution >= 0.6 is 0 Å². The van der Waals surface area contributed by atoms with Gasteiger partial charge in [-0.05, 0) is 13.8 Å². The van der Waals surface area contributed by atoms with Gasteiger partial charge in [0.15, 0.2) is 0 Å². The van der Waals surface area contributed by atoms with Gasteiger partial charge in [0, 0.05) is 19.1 Å². The predicted molar refractivity (Wildman–Crippen MR) is 41.2 cm³/mol. The summed E-state index contributed by atoms with van der Waals surface area (Å²) >= 11 is 0. The molecule has 0 aromatic rings. The minimum atomic E-state index is -0.248. The maximum absolute atomic E-state index is 11.0. The Bertz CT molecular complexity index is 153. The quantitative estimate of drug-likeness (QED) is 0.592. The van der Waals surface area contributed by atoms with Gasteiger partial charge in [0.25, 0.3) is 0 Å². The van der Waals surface area contributed by atoms with Crippen molar-refractivity contribution in [2.24, 2.45) is 5.73 Å². The van der Waals surface area contributed by atoms with E-state index in [9.17, 15) is 4.79 Å². The number of amides is 1. The van der Waals surface area contributed by atoms with E-state index in [0.29, 0.717) is 13.1 Å². The van der Waals surface area contributed by atoms with Crippen LogP contribution in [0.4, 0.5) is 4.79 Å². The van der Waals surface area contributed by atoms with Crippen LogP contribution in [0.5, 0.6) is 0 Å². The predicted octanol–water partition coefficient (Wildman–Crippen LogP) is 0.174. The number of rotatable bonds is 1. The molecule has 4 nitrogen and oxygen atoms in total. The number of carbonyl (C=O) groups is 1. The van der Waals surface area contributed by atoms with E-state index >= 15 is 0 Å². The lowest BCUT2D eigenvalue weighted by atomic mass is 10.1. The second-order valence-corrected chi connectivity index (χ2v) is 3.10. The molecule has 0 radical (unpaired) electrons. The first kappa shape index (κ1) is 8.33. The molecule has 0 spiro atoms. The summed E-state index contributed by atoms with van der Waals surface area (Å²) in [6.45, 7) is 4.92. The summed E-state index contributed by atoms with van der Waals surface area (Å²) < 4.78 is 4.93. The highest BCUT2D eigenvalue weighted by molar-refractivity contribution is 5.69. The van der Waals surface area contributed by atoms with Crippen molar-refractivity contribution >= 4 is 6.09 Å². The van der Waals surface area contributed by atoms with Crippen LogP contribution in [-0.2, 0) is 4.74 Å². The van der Waals surface area contributed by atoms with Gasteiger partial charge in [-0.25, -0.2) is 4.79 Å². The molecule has 1 aliphatic rings. The highest BCUT2D eigenvalue weighted by atomic mass is 16.6. The Balaban J connectivity index is 2.21. The SMILES string of the molecule is CC(C)OC(=O)N1CC(N)C1. The van der Waals surface area contributed by atoms with Crippen molar-refractivity contribution in [3.05, 3.63) is 0 Å². The van der Waals surface area contributed by atoms with Crippen molar-refractivity contribution < 1.29 is 9.53 Å². The molecule has 0 unspecified atom stereocenters. The van der Waals surface area contributed by atoms with Crippen LogP contribution in [0.2, 0.25) is 0 Å². The zero-order valence-electron chi connectivity index (χ0n) is 6.91. The van der Waals surface area contributed by atoms with Gasteiger partial charge in [0.1, 0.15) is 0 Å². The van der Waals surface area contributed by atoms with E-state index in [1.165, 1.54) is 0 Å². The van der Waals surface area contributed by atoms with Gasteiger partial charge in [-0.3, -0.25) is 0 Å². The lowest BCUT2D eigenvalue weighted by Crippen LogP contribution is -2.58. The third-order valence-electron chi connectivity index (χ3n) is 1.50. The van der Waals surface area contributed by atoms with E-state index in [-0.39, 0.29) is 18.2 Å². The number of nitrogens with two attached hydrogens (primary N) is 1. The van der Waals surface area contributed by atoms with Crippen LogP contribution in [0.15, 0.2) is 0 Å². The van der Waals surface area contributed by atoms with Crippen LogP contribution in [0.25, 0.3) is 0 Å². The fraction of sp³-hybridized carbons (Fsp3) is 0.857. The Kier molecular flexibility index (Phi) is 2.34. The first-order chi connectivity index (χ1) is 5.09. The molecule has 0 atom stereocenters. The number of carbonyl (C=O) groups excluding carboxylic acids is 1. The molecule has 2 N–H and O–H groups in total. The van der Waals surface area contributed by atoms with Crippen molar-refractivity contribution in [2.45, 2.75) is 26.0 Å². The van der Waals surface area contributed by atoms with Gasteiger partial charge in [0.2, 0.25) is 0 Å². The second kappa shape index (κ2) is 3.09. The van der Waals surface area contributed by atoms with Crippen molar-refractivity contribution in [1.82, 2.24) is 4.90 Å². The third kappa shape index (κ3) is 2.08. The Hall–Kier alpha value is -0.770. The summed E-state index contributed by atoms with van der Waals surface area (Å²) in [5, 5.41) is 0. The van der Waals surface area contributed by atoms with E-state index in [2.05, 4.69) is 0 Å². The Morgan fingerprint density at radius 2 is 2.18 bits per heavy atom. The standard InChI is InChI=1S/C7H14N2O2/c1-5(2)11-7(10)9-3-6(8)4-9/h5-6H,3-4,8H2,1-2H3. The van der Waals surface area contributed by atoms with Crippen LogP contribution in [0.1, 0.15) is 13.8 Å². The number of hydrogen-bond donors (Lipinski definition) is 1. The lowest BCUT2D eigenvalue weighted by molar-refractivity contribution is 0.0520. The normalized spacial score (nSPS) is 18.4. The maximum atomic E-state index is 11.0. The highest BCUT2D eigenvalue weighted by Gasteiger charge is 2.28. The number of likely N-dealkylation sites (tertiary alicyclic amines) is 1. The molecule has 0 saturated carbocycles. The van der Waals surface area contributed by atoms with E-state index < -0.39 is 0 Å².